The minimum absolute atomic E-state index is 0.525. The maximum atomic E-state index is 5.79. The molecule has 2 unspecified atom stereocenters. The van der Waals surface area contributed by atoms with Crippen LogP contribution in [0.2, 0.25) is 0 Å². The Morgan fingerprint density at radius 3 is 2.25 bits per heavy atom. The second-order valence-corrected chi connectivity index (χ2v) is 3.81. The Bertz CT molecular complexity index is 104. The fourth-order valence-corrected chi connectivity index (χ4v) is 1.64. The van der Waals surface area contributed by atoms with Crippen LogP contribution in [0.5, 0.6) is 0 Å². The summed E-state index contributed by atoms with van der Waals surface area (Å²) in [4.78, 5) is 0. The van der Waals surface area contributed by atoms with E-state index in [9.17, 15) is 0 Å². The molecule has 74 valence electrons. The minimum Gasteiger partial charge on any atom is -0.269 e. The molecule has 0 aliphatic rings. The highest BCUT2D eigenvalue weighted by Crippen LogP contribution is 2.14. The average Bonchev–Trinajstić information content (AvgIpc) is 2.03. The van der Waals surface area contributed by atoms with Crippen LogP contribution in [0.1, 0.15) is 47.0 Å². The zero-order valence-corrected chi connectivity index (χ0v) is 9.01. The van der Waals surface area contributed by atoms with Gasteiger partial charge in [-0.1, -0.05) is 33.6 Å². The fourth-order valence-electron chi connectivity index (χ4n) is 1.64. The van der Waals surface area contributed by atoms with Crippen molar-refractivity contribution in [3.63, 3.8) is 0 Å². The van der Waals surface area contributed by atoms with Gasteiger partial charge in [-0.05, 0) is 19.3 Å². The van der Waals surface area contributed by atoms with Crippen LogP contribution in [0.15, 0.2) is 0 Å². The van der Waals surface area contributed by atoms with Crippen LogP contribution in [-0.2, 0) is 0 Å². The average molecular weight is 172 g/mol. The SMILES string of the molecule is CCCC(C)CC(C)N(N)CC. The summed E-state index contributed by atoms with van der Waals surface area (Å²) < 4.78 is 0. The highest BCUT2D eigenvalue weighted by molar-refractivity contribution is 4.64. The van der Waals surface area contributed by atoms with Gasteiger partial charge >= 0.3 is 0 Å². The van der Waals surface area contributed by atoms with Gasteiger partial charge in [-0.2, -0.15) is 0 Å². The van der Waals surface area contributed by atoms with Crippen LogP contribution in [0.4, 0.5) is 0 Å². The second-order valence-electron chi connectivity index (χ2n) is 3.81. The largest absolute Gasteiger partial charge is 0.269 e. The van der Waals surface area contributed by atoms with E-state index in [1.165, 1.54) is 19.3 Å². The molecule has 0 fully saturated rings. The monoisotopic (exact) mass is 172 g/mol. The van der Waals surface area contributed by atoms with E-state index in [2.05, 4.69) is 27.7 Å². The van der Waals surface area contributed by atoms with Gasteiger partial charge in [0.15, 0.2) is 0 Å². The van der Waals surface area contributed by atoms with Crippen LogP contribution in [-0.4, -0.2) is 17.6 Å². The molecule has 0 heterocycles. The first-order valence-electron chi connectivity index (χ1n) is 5.13. The van der Waals surface area contributed by atoms with Crippen LogP contribution in [0, 0.1) is 5.92 Å². The molecule has 12 heavy (non-hydrogen) atoms. The summed E-state index contributed by atoms with van der Waals surface area (Å²) in [6.07, 6.45) is 3.82. The smallest absolute Gasteiger partial charge is 0.0215 e. The standard InChI is InChI=1S/C10H24N2/c1-5-7-9(3)8-10(4)12(11)6-2/h9-10H,5-8,11H2,1-4H3. The highest BCUT2D eigenvalue weighted by atomic mass is 15.4. The number of hydrazine groups is 1. The van der Waals surface area contributed by atoms with Gasteiger partial charge < -0.3 is 0 Å². The van der Waals surface area contributed by atoms with Crippen molar-refractivity contribution < 1.29 is 0 Å². The van der Waals surface area contributed by atoms with Crippen molar-refractivity contribution in [1.29, 1.82) is 0 Å². The van der Waals surface area contributed by atoms with E-state index in [1.54, 1.807) is 0 Å². The highest BCUT2D eigenvalue weighted by Gasteiger charge is 2.11. The van der Waals surface area contributed by atoms with Crippen LogP contribution >= 0.6 is 0 Å². The van der Waals surface area contributed by atoms with Crippen molar-refractivity contribution in [2.75, 3.05) is 6.54 Å². The summed E-state index contributed by atoms with van der Waals surface area (Å²) in [5, 5.41) is 1.92. The first-order valence-corrected chi connectivity index (χ1v) is 5.13. The third kappa shape index (κ3) is 4.73. The Morgan fingerprint density at radius 2 is 1.83 bits per heavy atom. The Balaban J connectivity index is 3.59. The summed E-state index contributed by atoms with van der Waals surface area (Å²) in [5.74, 6) is 6.60. The molecule has 0 aliphatic carbocycles. The maximum absolute atomic E-state index is 5.79. The van der Waals surface area contributed by atoms with Crippen molar-refractivity contribution in [1.82, 2.24) is 5.01 Å². The van der Waals surface area contributed by atoms with Crippen molar-refractivity contribution >= 4 is 0 Å². The Labute approximate surface area is 77.1 Å². The zero-order chi connectivity index (χ0) is 9.56. The normalized spacial score (nSPS) is 16.5. The van der Waals surface area contributed by atoms with E-state index in [0.717, 1.165) is 12.5 Å². The van der Waals surface area contributed by atoms with E-state index < -0.39 is 0 Å². The molecule has 0 rings (SSSR count). The third-order valence-corrected chi connectivity index (χ3v) is 2.46. The number of hydrogen-bond donors (Lipinski definition) is 1. The molecule has 2 N–H and O–H groups in total. The van der Waals surface area contributed by atoms with Crippen molar-refractivity contribution in [2.45, 2.75) is 53.0 Å². The molecule has 0 amide bonds. The third-order valence-electron chi connectivity index (χ3n) is 2.46. The summed E-state index contributed by atoms with van der Waals surface area (Å²) in [7, 11) is 0. The van der Waals surface area contributed by atoms with E-state index in [4.69, 9.17) is 5.84 Å². The zero-order valence-electron chi connectivity index (χ0n) is 9.01. The van der Waals surface area contributed by atoms with Gasteiger partial charge in [0.25, 0.3) is 0 Å². The predicted octanol–water partition coefficient (Wildman–Crippen LogP) is 2.40. The molecule has 0 aromatic rings. The van der Waals surface area contributed by atoms with Gasteiger partial charge in [0.05, 0.1) is 0 Å². The number of nitrogens with two attached hydrogens (primary N) is 1. The fraction of sp³-hybridized carbons (Fsp3) is 1.00. The van der Waals surface area contributed by atoms with Crippen LogP contribution in [0.25, 0.3) is 0 Å². The van der Waals surface area contributed by atoms with Gasteiger partial charge in [-0.15, -0.1) is 0 Å². The summed E-state index contributed by atoms with van der Waals surface area (Å²) in [5.41, 5.74) is 0. The molecule has 0 saturated carbocycles. The summed E-state index contributed by atoms with van der Waals surface area (Å²) >= 11 is 0. The van der Waals surface area contributed by atoms with Gasteiger partial charge in [-0.25, -0.2) is 5.01 Å². The molecule has 0 aromatic carbocycles. The first kappa shape index (κ1) is 11.9. The minimum atomic E-state index is 0.525. The number of nitrogens with zero attached hydrogens (tertiary/aromatic N) is 1. The molecule has 2 atom stereocenters. The summed E-state index contributed by atoms with van der Waals surface area (Å²) in [6, 6.07) is 0.525. The lowest BCUT2D eigenvalue weighted by molar-refractivity contribution is 0.194. The first-order chi connectivity index (χ1) is 5.61. The van der Waals surface area contributed by atoms with Crippen molar-refractivity contribution in [2.24, 2.45) is 11.8 Å². The maximum Gasteiger partial charge on any atom is 0.0215 e. The Kier molecular flexibility index (Phi) is 6.39. The lowest BCUT2D eigenvalue weighted by Gasteiger charge is -2.25. The molecule has 0 spiro atoms. The number of hydrogen-bond acceptors (Lipinski definition) is 2. The van der Waals surface area contributed by atoms with Crippen molar-refractivity contribution in [3.8, 4) is 0 Å². The van der Waals surface area contributed by atoms with Gasteiger partial charge in [0, 0.05) is 12.6 Å². The Hall–Kier alpha value is -0.0800. The predicted molar refractivity (Wildman–Crippen MR) is 54.7 cm³/mol. The van der Waals surface area contributed by atoms with Crippen LogP contribution < -0.4 is 5.84 Å². The quantitative estimate of drug-likeness (QED) is 0.492. The second kappa shape index (κ2) is 6.44. The lowest BCUT2D eigenvalue weighted by Crippen LogP contribution is -2.39. The van der Waals surface area contributed by atoms with E-state index in [-0.39, 0.29) is 0 Å². The molecule has 0 aromatic heterocycles. The van der Waals surface area contributed by atoms with Crippen molar-refractivity contribution in [3.05, 3.63) is 0 Å². The molecule has 0 radical (unpaired) electrons. The van der Waals surface area contributed by atoms with Crippen LogP contribution in [0.3, 0.4) is 0 Å². The topological polar surface area (TPSA) is 29.3 Å². The summed E-state index contributed by atoms with van der Waals surface area (Å²) in [6.45, 7) is 9.79. The molecular weight excluding hydrogens is 148 g/mol. The molecule has 2 nitrogen and oxygen atoms in total. The van der Waals surface area contributed by atoms with E-state index in [1.807, 2.05) is 5.01 Å². The molecular formula is C10H24N2. The lowest BCUT2D eigenvalue weighted by atomic mass is 9.98. The molecule has 2 heteroatoms. The number of rotatable bonds is 6. The molecule has 0 saturated heterocycles. The van der Waals surface area contributed by atoms with Gasteiger partial charge in [0.1, 0.15) is 0 Å². The molecule has 0 aliphatic heterocycles. The Morgan fingerprint density at radius 1 is 1.25 bits per heavy atom. The van der Waals surface area contributed by atoms with E-state index >= 15 is 0 Å². The van der Waals surface area contributed by atoms with Gasteiger partial charge in [-0.3, -0.25) is 5.84 Å². The van der Waals surface area contributed by atoms with E-state index in [0.29, 0.717) is 6.04 Å². The molecule has 0 bridgehead atoms. The van der Waals surface area contributed by atoms with Gasteiger partial charge in [0.2, 0.25) is 0 Å².